The van der Waals surface area contributed by atoms with Crippen molar-refractivity contribution in [1.29, 1.82) is 0 Å². The number of carbonyl (C=O) groups is 1. The number of carbonyl (C=O) groups excluding carboxylic acids is 1. The second-order valence-electron chi connectivity index (χ2n) is 4.17. The SMILES string of the molecule is CCOC(=O)c1cc(NCC(C)OCC)ccc1N. The van der Waals surface area contributed by atoms with Crippen LogP contribution in [0.2, 0.25) is 0 Å². The highest BCUT2D eigenvalue weighted by atomic mass is 16.5. The number of nitrogens with two attached hydrogens (primary N) is 1. The molecule has 1 aromatic carbocycles. The lowest BCUT2D eigenvalue weighted by Gasteiger charge is -2.14. The summed E-state index contributed by atoms with van der Waals surface area (Å²) in [5.41, 5.74) is 7.40. The number of hydrogen-bond acceptors (Lipinski definition) is 5. The van der Waals surface area contributed by atoms with Crippen molar-refractivity contribution in [3.05, 3.63) is 23.8 Å². The first kappa shape index (κ1) is 15.3. The van der Waals surface area contributed by atoms with Gasteiger partial charge in [0.05, 0.1) is 18.3 Å². The molecule has 106 valence electrons. The Morgan fingerprint density at radius 1 is 1.37 bits per heavy atom. The van der Waals surface area contributed by atoms with Crippen LogP contribution in [0.1, 0.15) is 31.1 Å². The molecular formula is C14H22N2O3. The van der Waals surface area contributed by atoms with Crippen LogP contribution in [0, 0.1) is 0 Å². The molecule has 0 saturated carbocycles. The van der Waals surface area contributed by atoms with E-state index in [1.165, 1.54) is 0 Å². The fourth-order valence-corrected chi connectivity index (χ4v) is 1.66. The molecular weight excluding hydrogens is 244 g/mol. The zero-order valence-corrected chi connectivity index (χ0v) is 11.7. The van der Waals surface area contributed by atoms with Crippen molar-refractivity contribution >= 4 is 17.3 Å². The molecule has 0 aliphatic carbocycles. The van der Waals surface area contributed by atoms with Gasteiger partial charge in [-0.2, -0.15) is 0 Å². The van der Waals surface area contributed by atoms with Crippen molar-refractivity contribution in [3.8, 4) is 0 Å². The molecule has 0 fully saturated rings. The largest absolute Gasteiger partial charge is 0.462 e. The van der Waals surface area contributed by atoms with Crippen LogP contribution in [0.25, 0.3) is 0 Å². The number of nitrogens with one attached hydrogen (secondary N) is 1. The van der Waals surface area contributed by atoms with E-state index in [2.05, 4.69) is 5.32 Å². The van der Waals surface area contributed by atoms with Crippen molar-refractivity contribution in [1.82, 2.24) is 0 Å². The van der Waals surface area contributed by atoms with Gasteiger partial charge in [0.1, 0.15) is 0 Å². The average molecular weight is 266 g/mol. The molecule has 0 aromatic heterocycles. The zero-order chi connectivity index (χ0) is 14.3. The summed E-state index contributed by atoms with van der Waals surface area (Å²) in [6.07, 6.45) is 0.105. The van der Waals surface area contributed by atoms with Crippen LogP contribution in [0.5, 0.6) is 0 Å². The molecule has 1 aromatic rings. The summed E-state index contributed by atoms with van der Waals surface area (Å²) < 4.78 is 10.4. The molecule has 0 radical (unpaired) electrons. The van der Waals surface area contributed by atoms with Crippen LogP contribution >= 0.6 is 0 Å². The van der Waals surface area contributed by atoms with Crippen LogP contribution < -0.4 is 11.1 Å². The highest BCUT2D eigenvalue weighted by Gasteiger charge is 2.11. The lowest BCUT2D eigenvalue weighted by molar-refractivity contribution is 0.0527. The van der Waals surface area contributed by atoms with Crippen LogP contribution in [-0.4, -0.2) is 31.8 Å². The van der Waals surface area contributed by atoms with E-state index in [0.717, 1.165) is 5.69 Å². The molecule has 1 rings (SSSR count). The Kier molecular flexibility index (Phi) is 6.15. The van der Waals surface area contributed by atoms with E-state index in [4.69, 9.17) is 15.2 Å². The van der Waals surface area contributed by atoms with Crippen molar-refractivity contribution in [2.24, 2.45) is 0 Å². The number of esters is 1. The third-order valence-corrected chi connectivity index (χ3v) is 2.59. The molecule has 0 spiro atoms. The third-order valence-electron chi connectivity index (χ3n) is 2.59. The summed E-state index contributed by atoms with van der Waals surface area (Å²) in [5, 5.41) is 3.21. The topological polar surface area (TPSA) is 73.6 Å². The van der Waals surface area contributed by atoms with Crippen molar-refractivity contribution in [2.45, 2.75) is 26.9 Å². The van der Waals surface area contributed by atoms with Crippen LogP contribution in [0.4, 0.5) is 11.4 Å². The Labute approximate surface area is 114 Å². The van der Waals surface area contributed by atoms with Crippen LogP contribution in [0.15, 0.2) is 18.2 Å². The number of rotatable bonds is 7. The number of hydrogen-bond donors (Lipinski definition) is 2. The van der Waals surface area contributed by atoms with E-state index >= 15 is 0 Å². The Hall–Kier alpha value is -1.75. The molecule has 0 amide bonds. The minimum absolute atomic E-state index is 0.105. The first-order valence-corrected chi connectivity index (χ1v) is 6.50. The Morgan fingerprint density at radius 3 is 2.74 bits per heavy atom. The molecule has 1 atom stereocenters. The van der Waals surface area contributed by atoms with Crippen LogP contribution in [-0.2, 0) is 9.47 Å². The first-order chi connectivity index (χ1) is 9.08. The molecule has 19 heavy (non-hydrogen) atoms. The smallest absolute Gasteiger partial charge is 0.340 e. The van der Waals surface area contributed by atoms with Gasteiger partial charge in [-0.1, -0.05) is 0 Å². The van der Waals surface area contributed by atoms with Gasteiger partial charge in [-0.05, 0) is 39.0 Å². The van der Waals surface area contributed by atoms with Crippen molar-refractivity contribution < 1.29 is 14.3 Å². The second-order valence-corrected chi connectivity index (χ2v) is 4.17. The van der Waals surface area contributed by atoms with E-state index in [0.29, 0.717) is 31.0 Å². The molecule has 1 unspecified atom stereocenters. The van der Waals surface area contributed by atoms with Crippen molar-refractivity contribution in [3.63, 3.8) is 0 Å². The van der Waals surface area contributed by atoms with E-state index in [9.17, 15) is 4.79 Å². The third kappa shape index (κ3) is 4.79. The summed E-state index contributed by atoms with van der Waals surface area (Å²) in [6.45, 7) is 7.38. The number of benzene rings is 1. The fourth-order valence-electron chi connectivity index (χ4n) is 1.66. The Bertz CT molecular complexity index is 421. The molecule has 0 aliphatic heterocycles. The van der Waals surface area contributed by atoms with Gasteiger partial charge in [0.25, 0.3) is 0 Å². The highest BCUT2D eigenvalue weighted by molar-refractivity contribution is 5.96. The van der Waals surface area contributed by atoms with E-state index in [1.54, 1.807) is 19.1 Å². The molecule has 5 nitrogen and oxygen atoms in total. The first-order valence-electron chi connectivity index (χ1n) is 6.50. The monoisotopic (exact) mass is 266 g/mol. The maximum atomic E-state index is 11.7. The highest BCUT2D eigenvalue weighted by Crippen LogP contribution is 2.19. The van der Waals surface area contributed by atoms with Gasteiger partial charge in [-0.15, -0.1) is 0 Å². The van der Waals surface area contributed by atoms with E-state index in [-0.39, 0.29) is 6.10 Å². The number of nitrogen functional groups attached to an aromatic ring is 1. The van der Waals surface area contributed by atoms with Gasteiger partial charge < -0.3 is 20.5 Å². The molecule has 0 saturated heterocycles. The molecule has 0 aliphatic rings. The van der Waals surface area contributed by atoms with Gasteiger partial charge in [-0.3, -0.25) is 0 Å². The van der Waals surface area contributed by atoms with Gasteiger partial charge in [-0.25, -0.2) is 4.79 Å². The van der Waals surface area contributed by atoms with Crippen molar-refractivity contribution in [2.75, 3.05) is 30.8 Å². The predicted molar refractivity (Wildman–Crippen MR) is 76.4 cm³/mol. The summed E-state index contributed by atoms with van der Waals surface area (Å²) in [6, 6.07) is 5.22. The van der Waals surface area contributed by atoms with E-state index < -0.39 is 5.97 Å². The Balaban J connectivity index is 2.70. The number of ether oxygens (including phenoxy) is 2. The molecule has 0 heterocycles. The minimum atomic E-state index is -0.401. The van der Waals surface area contributed by atoms with Gasteiger partial charge >= 0.3 is 5.97 Å². The van der Waals surface area contributed by atoms with E-state index in [1.807, 2.05) is 19.9 Å². The minimum Gasteiger partial charge on any atom is -0.462 e. The normalized spacial score (nSPS) is 11.9. The number of anilines is 2. The lowest BCUT2D eigenvalue weighted by atomic mass is 10.1. The predicted octanol–water partition coefficient (Wildman–Crippen LogP) is 2.28. The summed E-state index contributed by atoms with van der Waals surface area (Å²) in [4.78, 5) is 11.7. The standard InChI is InChI=1S/C14H22N2O3/c1-4-18-10(3)9-16-11-6-7-13(15)12(8-11)14(17)19-5-2/h6-8,10,16H,4-5,9,15H2,1-3H3. The zero-order valence-electron chi connectivity index (χ0n) is 11.7. The maximum Gasteiger partial charge on any atom is 0.340 e. The summed E-state index contributed by atoms with van der Waals surface area (Å²) >= 11 is 0. The fraction of sp³-hybridized carbons (Fsp3) is 0.500. The van der Waals surface area contributed by atoms with Gasteiger partial charge in [0.15, 0.2) is 0 Å². The quantitative estimate of drug-likeness (QED) is 0.585. The maximum absolute atomic E-state index is 11.7. The average Bonchev–Trinajstić information content (AvgIpc) is 2.38. The Morgan fingerprint density at radius 2 is 2.11 bits per heavy atom. The molecule has 0 bridgehead atoms. The molecule has 3 N–H and O–H groups in total. The van der Waals surface area contributed by atoms with Gasteiger partial charge in [0, 0.05) is 24.5 Å². The summed E-state index contributed by atoms with van der Waals surface area (Å²) in [7, 11) is 0. The lowest BCUT2D eigenvalue weighted by Crippen LogP contribution is -2.20. The molecule has 5 heteroatoms. The van der Waals surface area contributed by atoms with Crippen LogP contribution in [0.3, 0.4) is 0 Å². The summed E-state index contributed by atoms with van der Waals surface area (Å²) in [5.74, 6) is -0.401. The van der Waals surface area contributed by atoms with Gasteiger partial charge in [0.2, 0.25) is 0 Å². The second kappa shape index (κ2) is 7.63.